The van der Waals surface area contributed by atoms with E-state index in [1.54, 1.807) is 0 Å². The lowest BCUT2D eigenvalue weighted by Crippen LogP contribution is -2.58. The van der Waals surface area contributed by atoms with E-state index in [9.17, 15) is 0 Å². The van der Waals surface area contributed by atoms with Crippen molar-refractivity contribution in [2.24, 2.45) is 10.7 Å². The van der Waals surface area contributed by atoms with E-state index in [0.29, 0.717) is 18.0 Å². The van der Waals surface area contributed by atoms with Crippen molar-refractivity contribution in [2.75, 3.05) is 20.1 Å². The number of nitrogens with zero attached hydrogens (tertiary/aromatic N) is 3. The van der Waals surface area contributed by atoms with Gasteiger partial charge >= 0.3 is 0 Å². The van der Waals surface area contributed by atoms with Gasteiger partial charge in [-0.05, 0) is 41.7 Å². The Balaban J connectivity index is 2.72. The highest BCUT2D eigenvalue weighted by Crippen LogP contribution is 2.14. The smallest absolute Gasteiger partial charge is 0.191 e. The molecule has 0 aromatic heterocycles. The maximum atomic E-state index is 6.06. The second kappa shape index (κ2) is 4.62. The highest BCUT2D eigenvalue weighted by Gasteiger charge is 2.27. The fraction of sp³-hybridized carbons (Fsp3) is 0.917. The van der Waals surface area contributed by atoms with E-state index < -0.39 is 0 Å². The van der Waals surface area contributed by atoms with Crippen LogP contribution in [0.2, 0.25) is 0 Å². The van der Waals surface area contributed by atoms with Crippen LogP contribution in [0.1, 0.15) is 34.6 Å². The summed E-state index contributed by atoms with van der Waals surface area (Å²) in [5.41, 5.74) is 5.96. The maximum absolute atomic E-state index is 6.06. The first-order chi connectivity index (χ1) is 7.20. The van der Waals surface area contributed by atoms with Gasteiger partial charge in [0.25, 0.3) is 0 Å². The standard InChI is InChI=1S/C12H26N4/c1-9-7-16(8-10(2)15(9)6)11(13)14-12(3,4)5/h9-10H,7-8H2,1-6H3,(H2,13,14). The molecule has 1 saturated heterocycles. The van der Waals surface area contributed by atoms with Crippen molar-refractivity contribution < 1.29 is 0 Å². The lowest BCUT2D eigenvalue weighted by atomic mass is 10.1. The summed E-state index contributed by atoms with van der Waals surface area (Å²) < 4.78 is 0. The molecule has 2 atom stereocenters. The Kier molecular flexibility index (Phi) is 3.84. The molecule has 1 fully saturated rings. The lowest BCUT2D eigenvalue weighted by molar-refractivity contribution is 0.0976. The number of rotatable bonds is 0. The van der Waals surface area contributed by atoms with Crippen LogP contribution in [0.3, 0.4) is 0 Å². The van der Waals surface area contributed by atoms with Crippen molar-refractivity contribution in [2.45, 2.75) is 52.2 Å². The molecule has 2 N–H and O–H groups in total. The second-order valence-corrected chi connectivity index (χ2v) is 5.91. The van der Waals surface area contributed by atoms with Gasteiger partial charge in [-0.25, -0.2) is 4.99 Å². The molecule has 4 nitrogen and oxygen atoms in total. The molecule has 1 heterocycles. The number of hydrogen-bond acceptors (Lipinski definition) is 2. The zero-order chi connectivity index (χ0) is 12.5. The minimum atomic E-state index is -0.0973. The van der Waals surface area contributed by atoms with Crippen LogP contribution in [-0.4, -0.2) is 53.5 Å². The predicted octanol–water partition coefficient (Wildman–Crippen LogP) is 1.12. The number of guanidine groups is 1. The molecule has 4 heteroatoms. The molecule has 0 aromatic carbocycles. The average Bonchev–Trinajstić information content (AvgIpc) is 2.10. The fourth-order valence-corrected chi connectivity index (χ4v) is 2.01. The van der Waals surface area contributed by atoms with E-state index in [1.807, 2.05) is 0 Å². The highest BCUT2D eigenvalue weighted by molar-refractivity contribution is 5.78. The molecule has 16 heavy (non-hydrogen) atoms. The molecule has 0 spiro atoms. The molecule has 1 aliphatic heterocycles. The van der Waals surface area contributed by atoms with Gasteiger partial charge < -0.3 is 10.6 Å². The number of nitrogens with two attached hydrogens (primary N) is 1. The summed E-state index contributed by atoms with van der Waals surface area (Å²) in [6.07, 6.45) is 0. The van der Waals surface area contributed by atoms with Gasteiger partial charge in [-0.3, -0.25) is 4.90 Å². The van der Waals surface area contributed by atoms with Gasteiger partial charge in [-0.1, -0.05) is 0 Å². The largest absolute Gasteiger partial charge is 0.370 e. The van der Waals surface area contributed by atoms with Crippen LogP contribution in [-0.2, 0) is 0 Å². The van der Waals surface area contributed by atoms with Crippen LogP contribution < -0.4 is 5.73 Å². The Morgan fingerprint density at radius 3 is 2.00 bits per heavy atom. The number of piperazine rings is 1. The monoisotopic (exact) mass is 226 g/mol. The highest BCUT2D eigenvalue weighted by atomic mass is 15.3. The van der Waals surface area contributed by atoms with Gasteiger partial charge in [0.05, 0.1) is 5.54 Å². The van der Waals surface area contributed by atoms with Crippen LogP contribution in [0.25, 0.3) is 0 Å². The average molecular weight is 226 g/mol. The Hall–Kier alpha value is -0.770. The molecule has 94 valence electrons. The van der Waals surface area contributed by atoms with E-state index in [0.717, 1.165) is 13.1 Å². The normalized spacial score (nSPS) is 29.6. The van der Waals surface area contributed by atoms with Gasteiger partial charge in [0, 0.05) is 25.2 Å². The van der Waals surface area contributed by atoms with Crippen molar-refractivity contribution in [1.82, 2.24) is 9.80 Å². The number of aliphatic imine (C=N–C) groups is 1. The Bertz CT molecular complexity index is 255. The molecular formula is C12H26N4. The van der Waals surface area contributed by atoms with Crippen molar-refractivity contribution >= 4 is 5.96 Å². The number of likely N-dealkylation sites (N-methyl/N-ethyl adjacent to an activating group) is 1. The van der Waals surface area contributed by atoms with E-state index in [2.05, 4.69) is 56.5 Å². The van der Waals surface area contributed by atoms with Gasteiger partial charge in [0.1, 0.15) is 0 Å². The first-order valence-corrected chi connectivity index (χ1v) is 6.03. The summed E-state index contributed by atoms with van der Waals surface area (Å²) in [7, 11) is 2.17. The van der Waals surface area contributed by atoms with Crippen molar-refractivity contribution in [3.05, 3.63) is 0 Å². The molecule has 2 unspecified atom stereocenters. The van der Waals surface area contributed by atoms with E-state index >= 15 is 0 Å². The molecular weight excluding hydrogens is 200 g/mol. The topological polar surface area (TPSA) is 44.9 Å². The van der Waals surface area contributed by atoms with Crippen LogP contribution in [0.5, 0.6) is 0 Å². The minimum Gasteiger partial charge on any atom is -0.370 e. The third-order valence-electron chi connectivity index (χ3n) is 3.13. The zero-order valence-electron chi connectivity index (χ0n) is 11.5. The molecule has 1 aliphatic rings. The minimum absolute atomic E-state index is 0.0973. The van der Waals surface area contributed by atoms with Gasteiger partial charge in [0.15, 0.2) is 5.96 Å². The summed E-state index contributed by atoms with van der Waals surface area (Å²) in [6.45, 7) is 12.6. The molecule has 0 saturated carbocycles. The molecule has 0 bridgehead atoms. The van der Waals surface area contributed by atoms with Gasteiger partial charge in [-0.2, -0.15) is 0 Å². The molecule has 0 amide bonds. The summed E-state index contributed by atoms with van der Waals surface area (Å²) in [5.74, 6) is 0.680. The first kappa shape index (κ1) is 13.3. The zero-order valence-corrected chi connectivity index (χ0v) is 11.5. The van der Waals surface area contributed by atoms with Crippen molar-refractivity contribution in [3.63, 3.8) is 0 Å². The van der Waals surface area contributed by atoms with Crippen molar-refractivity contribution in [1.29, 1.82) is 0 Å². The van der Waals surface area contributed by atoms with Crippen molar-refractivity contribution in [3.8, 4) is 0 Å². The summed E-state index contributed by atoms with van der Waals surface area (Å²) in [6, 6.07) is 1.05. The SMILES string of the molecule is CC1CN(C(N)=NC(C)(C)C)CC(C)N1C. The Morgan fingerprint density at radius 2 is 1.62 bits per heavy atom. The van der Waals surface area contributed by atoms with Gasteiger partial charge in [0.2, 0.25) is 0 Å². The van der Waals surface area contributed by atoms with E-state index in [-0.39, 0.29) is 5.54 Å². The number of hydrogen-bond donors (Lipinski definition) is 1. The summed E-state index contributed by atoms with van der Waals surface area (Å²) in [5, 5.41) is 0. The Morgan fingerprint density at radius 1 is 1.19 bits per heavy atom. The van der Waals surface area contributed by atoms with E-state index in [4.69, 9.17) is 5.73 Å². The third kappa shape index (κ3) is 3.37. The lowest BCUT2D eigenvalue weighted by Gasteiger charge is -2.43. The van der Waals surface area contributed by atoms with Gasteiger partial charge in [-0.15, -0.1) is 0 Å². The quantitative estimate of drug-likeness (QED) is 0.497. The van der Waals surface area contributed by atoms with Crippen LogP contribution >= 0.6 is 0 Å². The van der Waals surface area contributed by atoms with E-state index in [1.165, 1.54) is 0 Å². The molecule has 0 radical (unpaired) electrons. The maximum Gasteiger partial charge on any atom is 0.191 e. The summed E-state index contributed by atoms with van der Waals surface area (Å²) in [4.78, 5) is 9.11. The van der Waals surface area contributed by atoms with Crippen LogP contribution in [0.15, 0.2) is 4.99 Å². The molecule has 0 aromatic rings. The summed E-state index contributed by atoms with van der Waals surface area (Å²) >= 11 is 0. The predicted molar refractivity (Wildman–Crippen MR) is 69.6 cm³/mol. The Labute approximate surface area is 99.5 Å². The molecule has 0 aliphatic carbocycles. The van der Waals surface area contributed by atoms with Crippen LogP contribution in [0.4, 0.5) is 0 Å². The molecule has 1 rings (SSSR count). The third-order valence-corrected chi connectivity index (χ3v) is 3.13. The van der Waals surface area contributed by atoms with Crippen LogP contribution in [0, 0.1) is 0 Å². The fourth-order valence-electron chi connectivity index (χ4n) is 2.01. The first-order valence-electron chi connectivity index (χ1n) is 6.03. The second-order valence-electron chi connectivity index (χ2n) is 5.91.